The van der Waals surface area contributed by atoms with Gasteiger partial charge in [-0.3, -0.25) is 0 Å². The molecule has 0 bridgehead atoms. The van der Waals surface area contributed by atoms with E-state index in [2.05, 4.69) is 29.4 Å². The van der Waals surface area contributed by atoms with Crippen molar-refractivity contribution in [1.82, 2.24) is 5.16 Å². The fourth-order valence-corrected chi connectivity index (χ4v) is 3.55. The van der Waals surface area contributed by atoms with Crippen molar-refractivity contribution in [3.05, 3.63) is 52.9 Å². The summed E-state index contributed by atoms with van der Waals surface area (Å²) in [5.74, 6) is 1.31. The van der Waals surface area contributed by atoms with E-state index in [1.165, 1.54) is 5.56 Å². The predicted octanol–water partition coefficient (Wildman–Crippen LogP) is 3.84. The summed E-state index contributed by atoms with van der Waals surface area (Å²) in [5, 5.41) is 14.9. The molecule has 0 amide bonds. The minimum Gasteiger partial charge on any atom is -0.385 e. The smallest absolute Gasteiger partial charge is 0.140 e. The lowest BCUT2D eigenvalue weighted by atomic mass is 9.73. The molecule has 0 unspecified atom stereocenters. The van der Waals surface area contributed by atoms with Crippen molar-refractivity contribution < 1.29 is 9.63 Å². The Labute approximate surface area is 119 Å². The van der Waals surface area contributed by atoms with E-state index in [-0.39, 0.29) is 0 Å². The van der Waals surface area contributed by atoms with Crippen LogP contribution in [-0.2, 0) is 5.60 Å². The Morgan fingerprint density at radius 3 is 2.35 bits per heavy atom. The highest BCUT2D eigenvalue weighted by Gasteiger charge is 2.39. The number of aryl methyl sites for hydroxylation is 2. The van der Waals surface area contributed by atoms with Gasteiger partial charge < -0.3 is 9.63 Å². The van der Waals surface area contributed by atoms with Crippen LogP contribution < -0.4 is 0 Å². The summed E-state index contributed by atoms with van der Waals surface area (Å²) in [6.45, 7) is 3.80. The Balaban J connectivity index is 1.78. The molecule has 1 aliphatic carbocycles. The van der Waals surface area contributed by atoms with Crippen molar-refractivity contribution >= 4 is 0 Å². The van der Waals surface area contributed by atoms with Crippen LogP contribution in [0, 0.1) is 13.8 Å². The third kappa shape index (κ3) is 2.27. The number of hydrogen-bond donors (Lipinski definition) is 1. The highest BCUT2D eigenvalue weighted by molar-refractivity contribution is 5.30. The lowest BCUT2D eigenvalue weighted by Crippen LogP contribution is -2.32. The van der Waals surface area contributed by atoms with Crippen LogP contribution in [0.2, 0.25) is 0 Å². The number of aliphatic hydroxyl groups is 1. The molecule has 0 radical (unpaired) electrons. The van der Waals surface area contributed by atoms with Crippen LogP contribution in [0.4, 0.5) is 0 Å². The zero-order chi connectivity index (χ0) is 14.2. The molecule has 2 aromatic rings. The SMILES string of the molecule is Cc1noc(C)c1C1(O)CCC(c2ccccc2)CC1. The molecule has 3 rings (SSSR count). The molecule has 3 nitrogen and oxygen atoms in total. The molecule has 0 saturated heterocycles. The first kappa shape index (κ1) is 13.4. The second-order valence-electron chi connectivity index (χ2n) is 5.92. The Kier molecular flexibility index (Phi) is 3.38. The molecule has 1 N–H and O–H groups in total. The van der Waals surface area contributed by atoms with Gasteiger partial charge in [-0.2, -0.15) is 0 Å². The molecule has 1 fully saturated rings. The predicted molar refractivity (Wildman–Crippen MR) is 77.5 cm³/mol. The van der Waals surface area contributed by atoms with E-state index in [9.17, 15) is 5.11 Å². The molecule has 1 heterocycles. The molecular weight excluding hydrogens is 250 g/mol. The Morgan fingerprint density at radius 2 is 1.80 bits per heavy atom. The fourth-order valence-electron chi connectivity index (χ4n) is 3.55. The number of hydrogen-bond acceptors (Lipinski definition) is 3. The summed E-state index contributed by atoms with van der Waals surface area (Å²) in [6.07, 6.45) is 3.56. The molecule has 3 heteroatoms. The van der Waals surface area contributed by atoms with Crippen LogP contribution in [0.5, 0.6) is 0 Å². The van der Waals surface area contributed by atoms with E-state index in [1.807, 2.05) is 19.9 Å². The van der Waals surface area contributed by atoms with Gasteiger partial charge in [0.25, 0.3) is 0 Å². The van der Waals surface area contributed by atoms with Crippen LogP contribution in [-0.4, -0.2) is 10.3 Å². The van der Waals surface area contributed by atoms with Gasteiger partial charge in [-0.15, -0.1) is 0 Å². The van der Waals surface area contributed by atoms with Gasteiger partial charge in [0, 0.05) is 5.56 Å². The van der Waals surface area contributed by atoms with Crippen molar-refractivity contribution in [3.63, 3.8) is 0 Å². The maximum absolute atomic E-state index is 11.0. The maximum Gasteiger partial charge on any atom is 0.140 e. The first-order chi connectivity index (χ1) is 9.60. The summed E-state index contributed by atoms with van der Waals surface area (Å²) in [5.41, 5.74) is 2.35. The topological polar surface area (TPSA) is 46.3 Å². The van der Waals surface area contributed by atoms with Crippen LogP contribution in [0.1, 0.15) is 54.2 Å². The van der Waals surface area contributed by atoms with Crippen molar-refractivity contribution in [2.75, 3.05) is 0 Å². The fraction of sp³-hybridized carbons (Fsp3) is 0.471. The number of rotatable bonds is 2. The van der Waals surface area contributed by atoms with Crippen molar-refractivity contribution in [2.24, 2.45) is 0 Å². The van der Waals surface area contributed by atoms with E-state index in [0.717, 1.165) is 42.7 Å². The molecule has 1 aliphatic rings. The number of benzene rings is 1. The van der Waals surface area contributed by atoms with Gasteiger partial charge >= 0.3 is 0 Å². The van der Waals surface area contributed by atoms with Crippen molar-refractivity contribution in [3.8, 4) is 0 Å². The Hall–Kier alpha value is -1.61. The average molecular weight is 271 g/mol. The molecule has 1 aromatic heterocycles. The first-order valence-corrected chi connectivity index (χ1v) is 7.31. The van der Waals surface area contributed by atoms with Gasteiger partial charge in [0.15, 0.2) is 0 Å². The zero-order valence-corrected chi connectivity index (χ0v) is 12.1. The minimum absolute atomic E-state index is 0.553. The number of aromatic nitrogens is 1. The van der Waals surface area contributed by atoms with E-state index in [0.29, 0.717) is 5.92 Å². The minimum atomic E-state index is -0.764. The van der Waals surface area contributed by atoms with Crippen LogP contribution in [0.25, 0.3) is 0 Å². The maximum atomic E-state index is 11.0. The number of nitrogens with zero attached hydrogens (tertiary/aromatic N) is 1. The van der Waals surface area contributed by atoms with E-state index >= 15 is 0 Å². The van der Waals surface area contributed by atoms with Gasteiger partial charge in [-0.05, 0) is 51.0 Å². The highest BCUT2D eigenvalue weighted by Crippen LogP contribution is 2.44. The summed E-state index contributed by atoms with van der Waals surface area (Å²) >= 11 is 0. The van der Waals surface area contributed by atoms with E-state index < -0.39 is 5.60 Å². The molecule has 0 spiro atoms. The monoisotopic (exact) mass is 271 g/mol. The van der Waals surface area contributed by atoms with Crippen LogP contribution >= 0.6 is 0 Å². The molecular formula is C17H21NO2. The lowest BCUT2D eigenvalue weighted by Gasteiger charge is -2.36. The standard InChI is InChI=1S/C17H21NO2/c1-12-16(13(2)20-18-12)17(19)10-8-15(9-11-17)14-6-4-3-5-7-14/h3-7,15,19H,8-11H2,1-2H3. The summed E-state index contributed by atoms with van der Waals surface area (Å²) in [6, 6.07) is 10.6. The molecule has 0 atom stereocenters. The molecule has 20 heavy (non-hydrogen) atoms. The third-order valence-corrected chi connectivity index (χ3v) is 4.58. The second kappa shape index (κ2) is 5.06. The summed E-state index contributed by atoms with van der Waals surface area (Å²) in [4.78, 5) is 0. The van der Waals surface area contributed by atoms with Crippen molar-refractivity contribution in [1.29, 1.82) is 0 Å². The van der Waals surface area contributed by atoms with Gasteiger partial charge in [0.05, 0.1) is 11.3 Å². The van der Waals surface area contributed by atoms with Crippen LogP contribution in [0.15, 0.2) is 34.9 Å². The quantitative estimate of drug-likeness (QED) is 0.902. The zero-order valence-electron chi connectivity index (χ0n) is 12.1. The third-order valence-electron chi connectivity index (χ3n) is 4.58. The van der Waals surface area contributed by atoms with Gasteiger partial charge in [-0.25, -0.2) is 0 Å². The summed E-state index contributed by atoms with van der Waals surface area (Å²) in [7, 11) is 0. The van der Waals surface area contributed by atoms with E-state index in [4.69, 9.17) is 4.52 Å². The largest absolute Gasteiger partial charge is 0.385 e. The highest BCUT2D eigenvalue weighted by atomic mass is 16.5. The Morgan fingerprint density at radius 1 is 1.15 bits per heavy atom. The van der Waals surface area contributed by atoms with Gasteiger partial charge in [0.2, 0.25) is 0 Å². The second-order valence-corrected chi connectivity index (χ2v) is 5.92. The Bertz CT molecular complexity index is 561. The molecule has 0 aliphatic heterocycles. The average Bonchev–Trinajstić information content (AvgIpc) is 2.80. The van der Waals surface area contributed by atoms with Crippen molar-refractivity contribution in [2.45, 2.75) is 51.0 Å². The molecule has 1 saturated carbocycles. The van der Waals surface area contributed by atoms with Gasteiger partial charge in [0.1, 0.15) is 5.76 Å². The normalized spacial score (nSPS) is 26.6. The van der Waals surface area contributed by atoms with Crippen LogP contribution in [0.3, 0.4) is 0 Å². The lowest BCUT2D eigenvalue weighted by molar-refractivity contribution is -0.00731. The molecule has 106 valence electrons. The first-order valence-electron chi connectivity index (χ1n) is 7.31. The molecule has 1 aromatic carbocycles. The summed E-state index contributed by atoms with van der Waals surface area (Å²) < 4.78 is 5.22. The van der Waals surface area contributed by atoms with Gasteiger partial charge in [-0.1, -0.05) is 35.5 Å². The van der Waals surface area contributed by atoms with E-state index in [1.54, 1.807) is 0 Å².